The third kappa shape index (κ3) is 4.87. The predicted molar refractivity (Wildman–Crippen MR) is 114 cm³/mol. The highest BCUT2D eigenvalue weighted by atomic mass is 35.5. The van der Waals surface area contributed by atoms with Crippen LogP contribution < -0.4 is 5.32 Å². The first kappa shape index (κ1) is 21.1. The Balaban J connectivity index is 1.73. The van der Waals surface area contributed by atoms with Gasteiger partial charge in [-0.15, -0.1) is 10.2 Å². The number of nitrogens with zero attached hydrogens (tertiary/aromatic N) is 4. The summed E-state index contributed by atoms with van der Waals surface area (Å²) in [4.78, 5) is 22.9. The van der Waals surface area contributed by atoms with Crippen molar-refractivity contribution in [3.8, 4) is 11.4 Å². The summed E-state index contributed by atoms with van der Waals surface area (Å²) in [6, 6.07) is 11.1. The molecule has 1 heterocycles. The first-order valence-corrected chi connectivity index (χ1v) is 9.96. The van der Waals surface area contributed by atoms with Crippen molar-refractivity contribution in [1.29, 1.82) is 0 Å². The zero-order valence-electron chi connectivity index (χ0n) is 15.3. The number of benzene rings is 2. The first-order chi connectivity index (χ1) is 13.8. The molecule has 0 aliphatic carbocycles. The van der Waals surface area contributed by atoms with Gasteiger partial charge in [0.25, 0.3) is 5.69 Å². The summed E-state index contributed by atoms with van der Waals surface area (Å²) in [5.74, 6) is 0.270. The van der Waals surface area contributed by atoms with Crippen molar-refractivity contribution < 1.29 is 9.72 Å². The molecule has 1 N–H and O–H groups in total. The number of non-ortho nitro benzene ring substituents is 1. The molecule has 1 atom stereocenters. The number of hydrogen-bond donors (Lipinski definition) is 1. The van der Waals surface area contributed by atoms with Gasteiger partial charge in [-0.2, -0.15) is 0 Å². The molecule has 0 fully saturated rings. The summed E-state index contributed by atoms with van der Waals surface area (Å²) >= 11 is 13.2. The smallest absolute Gasteiger partial charge is 0.271 e. The van der Waals surface area contributed by atoms with Gasteiger partial charge >= 0.3 is 0 Å². The maximum absolute atomic E-state index is 12.5. The number of carbonyl (C=O) groups is 1. The number of carbonyl (C=O) groups excluding carboxylic acids is 1. The van der Waals surface area contributed by atoms with Crippen LogP contribution in [0.3, 0.4) is 0 Å². The number of anilines is 1. The SMILES string of the molecule is CC(Sc1nnc(-c2ccc(Cl)cc2)n1C)C(=O)Nc1cc([N+](=O)[O-])ccc1Cl. The second-order valence-corrected chi connectivity index (χ2v) is 8.19. The molecule has 3 rings (SSSR count). The summed E-state index contributed by atoms with van der Waals surface area (Å²) in [5, 5.41) is 22.7. The lowest BCUT2D eigenvalue weighted by Gasteiger charge is -2.12. The van der Waals surface area contributed by atoms with E-state index in [4.69, 9.17) is 23.2 Å². The Morgan fingerprint density at radius 3 is 2.55 bits per heavy atom. The van der Waals surface area contributed by atoms with E-state index in [1.54, 1.807) is 30.7 Å². The molecule has 0 aliphatic rings. The Labute approximate surface area is 180 Å². The van der Waals surface area contributed by atoms with Crippen molar-refractivity contribution in [3.63, 3.8) is 0 Å². The molecular weight excluding hydrogens is 437 g/mol. The minimum absolute atomic E-state index is 0.161. The van der Waals surface area contributed by atoms with E-state index in [9.17, 15) is 14.9 Å². The van der Waals surface area contributed by atoms with Gasteiger partial charge in [0.2, 0.25) is 5.91 Å². The minimum atomic E-state index is -0.554. The molecule has 0 aliphatic heterocycles. The number of thioether (sulfide) groups is 1. The summed E-state index contributed by atoms with van der Waals surface area (Å²) < 4.78 is 1.78. The number of hydrogen-bond acceptors (Lipinski definition) is 6. The van der Waals surface area contributed by atoms with Gasteiger partial charge in [0.05, 0.1) is 20.9 Å². The molecule has 11 heteroatoms. The second kappa shape index (κ2) is 8.81. The Morgan fingerprint density at radius 1 is 1.21 bits per heavy atom. The lowest BCUT2D eigenvalue weighted by molar-refractivity contribution is -0.384. The number of halogens is 2. The normalized spacial score (nSPS) is 11.9. The average molecular weight is 452 g/mol. The van der Waals surface area contributed by atoms with E-state index < -0.39 is 10.2 Å². The third-order valence-electron chi connectivity index (χ3n) is 4.01. The van der Waals surface area contributed by atoms with Crippen molar-refractivity contribution in [2.24, 2.45) is 7.05 Å². The Hall–Kier alpha value is -2.62. The highest BCUT2D eigenvalue weighted by molar-refractivity contribution is 8.00. The van der Waals surface area contributed by atoms with Gasteiger partial charge in [-0.05, 0) is 37.3 Å². The van der Waals surface area contributed by atoms with Crippen LogP contribution in [-0.4, -0.2) is 30.8 Å². The monoisotopic (exact) mass is 451 g/mol. The fraction of sp³-hybridized carbons (Fsp3) is 0.167. The fourth-order valence-electron chi connectivity index (χ4n) is 2.44. The van der Waals surface area contributed by atoms with E-state index in [0.29, 0.717) is 16.0 Å². The number of rotatable bonds is 6. The van der Waals surface area contributed by atoms with Crippen LogP contribution >= 0.6 is 35.0 Å². The van der Waals surface area contributed by atoms with Crippen molar-refractivity contribution in [2.75, 3.05) is 5.32 Å². The van der Waals surface area contributed by atoms with Crippen LogP contribution in [-0.2, 0) is 11.8 Å². The standard InChI is InChI=1S/C18H15Cl2N5O3S/c1-10(17(26)21-15-9-13(25(27)28)7-8-14(15)20)29-18-23-22-16(24(18)2)11-3-5-12(19)6-4-11/h3-10H,1-2H3,(H,21,26). The number of nitrogens with one attached hydrogen (secondary N) is 1. The number of nitro groups is 1. The molecule has 29 heavy (non-hydrogen) atoms. The molecule has 1 aromatic heterocycles. The predicted octanol–water partition coefficient (Wildman–Crippen LogP) is 4.82. The van der Waals surface area contributed by atoms with Crippen LogP contribution in [0.1, 0.15) is 6.92 Å². The molecule has 2 aromatic carbocycles. The zero-order chi connectivity index (χ0) is 21.1. The van der Waals surface area contributed by atoms with Crippen LogP contribution in [0.15, 0.2) is 47.6 Å². The Bertz CT molecular complexity index is 1070. The van der Waals surface area contributed by atoms with E-state index in [0.717, 1.165) is 5.56 Å². The Morgan fingerprint density at radius 2 is 1.90 bits per heavy atom. The molecule has 1 amide bonds. The van der Waals surface area contributed by atoms with Crippen LogP contribution in [0.5, 0.6) is 0 Å². The van der Waals surface area contributed by atoms with Gasteiger partial charge < -0.3 is 9.88 Å². The van der Waals surface area contributed by atoms with E-state index >= 15 is 0 Å². The third-order valence-corrected chi connectivity index (χ3v) is 5.72. The number of aromatic nitrogens is 3. The summed E-state index contributed by atoms with van der Waals surface area (Å²) in [6.45, 7) is 1.70. The topological polar surface area (TPSA) is 103 Å². The van der Waals surface area contributed by atoms with Crippen molar-refractivity contribution in [3.05, 3.63) is 62.6 Å². The van der Waals surface area contributed by atoms with Crippen LogP contribution in [0.4, 0.5) is 11.4 Å². The summed E-state index contributed by atoms with van der Waals surface area (Å²) in [7, 11) is 1.80. The summed E-state index contributed by atoms with van der Waals surface area (Å²) in [6.07, 6.45) is 0. The quantitative estimate of drug-likeness (QED) is 0.327. The van der Waals surface area contributed by atoms with E-state index in [1.165, 1.54) is 30.0 Å². The van der Waals surface area contributed by atoms with E-state index in [1.807, 2.05) is 12.1 Å². The van der Waals surface area contributed by atoms with Gasteiger partial charge in [-0.1, -0.05) is 35.0 Å². The average Bonchev–Trinajstić information content (AvgIpc) is 3.04. The van der Waals surface area contributed by atoms with Gasteiger partial charge in [0.15, 0.2) is 11.0 Å². The number of amides is 1. The van der Waals surface area contributed by atoms with Crippen molar-refractivity contribution in [1.82, 2.24) is 14.8 Å². The first-order valence-electron chi connectivity index (χ1n) is 8.33. The van der Waals surface area contributed by atoms with Gasteiger partial charge in [-0.25, -0.2) is 0 Å². The maximum Gasteiger partial charge on any atom is 0.271 e. The molecule has 3 aromatic rings. The summed E-state index contributed by atoms with van der Waals surface area (Å²) in [5.41, 5.74) is 0.862. The highest BCUT2D eigenvalue weighted by Crippen LogP contribution is 2.30. The molecule has 0 saturated heterocycles. The molecule has 0 spiro atoms. The fourth-order valence-corrected chi connectivity index (χ4v) is 3.54. The minimum Gasteiger partial charge on any atom is -0.324 e. The molecular formula is C18H15Cl2N5O3S. The number of nitro benzene ring substituents is 1. The van der Waals surface area contributed by atoms with Crippen LogP contribution in [0.25, 0.3) is 11.4 Å². The van der Waals surface area contributed by atoms with Crippen molar-refractivity contribution >= 4 is 52.2 Å². The molecule has 0 saturated carbocycles. The highest BCUT2D eigenvalue weighted by Gasteiger charge is 2.21. The molecule has 8 nitrogen and oxygen atoms in total. The molecule has 1 unspecified atom stereocenters. The molecule has 0 bridgehead atoms. The van der Waals surface area contributed by atoms with E-state index in [2.05, 4.69) is 15.5 Å². The Kier molecular flexibility index (Phi) is 6.41. The lowest BCUT2D eigenvalue weighted by atomic mass is 10.2. The largest absolute Gasteiger partial charge is 0.324 e. The van der Waals surface area contributed by atoms with Crippen LogP contribution in [0.2, 0.25) is 10.0 Å². The molecule has 0 radical (unpaired) electrons. The maximum atomic E-state index is 12.5. The van der Waals surface area contributed by atoms with Crippen molar-refractivity contribution in [2.45, 2.75) is 17.3 Å². The zero-order valence-corrected chi connectivity index (χ0v) is 17.6. The molecule has 150 valence electrons. The van der Waals surface area contributed by atoms with Gasteiger partial charge in [0.1, 0.15) is 0 Å². The van der Waals surface area contributed by atoms with Gasteiger partial charge in [0, 0.05) is 29.8 Å². The lowest BCUT2D eigenvalue weighted by Crippen LogP contribution is -2.23. The van der Waals surface area contributed by atoms with E-state index in [-0.39, 0.29) is 22.3 Å². The second-order valence-electron chi connectivity index (χ2n) is 6.04. The van der Waals surface area contributed by atoms with Gasteiger partial charge in [-0.3, -0.25) is 14.9 Å². The van der Waals surface area contributed by atoms with Crippen LogP contribution in [0, 0.1) is 10.1 Å².